The summed E-state index contributed by atoms with van der Waals surface area (Å²) < 4.78 is 1.84. The van der Waals surface area contributed by atoms with Gasteiger partial charge in [-0.05, 0) is 57.3 Å². The SMILES string of the molecule is Cc1ccccc1-n1ncc(C(=O)NCC2CCCNC2)c1C.Cl. The Kier molecular flexibility index (Phi) is 6.40. The highest BCUT2D eigenvalue weighted by atomic mass is 35.5. The number of para-hydroxylation sites is 1. The maximum atomic E-state index is 12.5. The molecule has 2 N–H and O–H groups in total. The van der Waals surface area contributed by atoms with Gasteiger partial charge in [-0.2, -0.15) is 5.10 Å². The van der Waals surface area contributed by atoms with Gasteiger partial charge in [0.2, 0.25) is 0 Å². The van der Waals surface area contributed by atoms with E-state index >= 15 is 0 Å². The molecule has 1 atom stereocenters. The molecule has 1 aliphatic rings. The van der Waals surface area contributed by atoms with Crippen LogP contribution in [0.15, 0.2) is 30.5 Å². The maximum Gasteiger partial charge on any atom is 0.254 e. The first-order valence-corrected chi connectivity index (χ1v) is 8.26. The Morgan fingerprint density at radius 2 is 2.17 bits per heavy atom. The molecule has 2 heterocycles. The third-order valence-electron chi connectivity index (χ3n) is 4.55. The minimum atomic E-state index is -0.0343. The molecule has 5 nitrogen and oxygen atoms in total. The van der Waals surface area contributed by atoms with Crippen LogP contribution in [-0.4, -0.2) is 35.3 Å². The molecular formula is C18H25ClN4O. The quantitative estimate of drug-likeness (QED) is 0.893. The van der Waals surface area contributed by atoms with Gasteiger partial charge in [0.1, 0.15) is 0 Å². The van der Waals surface area contributed by atoms with Crippen molar-refractivity contribution in [3.8, 4) is 5.69 Å². The molecule has 0 bridgehead atoms. The first-order valence-electron chi connectivity index (χ1n) is 8.26. The lowest BCUT2D eigenvalue weighted by atomic mass is 10.00. The first-order chi connectivity index (χ1) is 11.2. The Morgan fingerprint density at radius 1 is 1.38 bits per heavy atom. The zero-order valence-electron chi connectivity index (χ0n) is 14.2. The van der Waals surface area contributed by atoms with Crippen molar-refractivity contribution in [2.45, 2.75) is 26.7 Å². The van der Waals surface area contributed by atoms with Crippen LogP contribution in [-0.2, 0) is 0 Å². The van der Waals surface area contributed by atoms with Crippen LogP contribution in [0.25, 0.3) is 5.69 Å². The number of aromatic nitrogens is 2. The van der Waals surface area contributed by atoms with Crippen molar-refractivity contribution in [1.82, 2.24) is 20.4 Å². The van der Waals surface area contributed by atoms with Crippen LogP contribution in [0.2, 0.25) is 0 Å². The average molecular weight is 349 g/mol. The third-order valence-corrected chi connectivity index (χ3v) is 4.55. The van der Waals surface area contributed by atoms with Gasteiger partial charge in [0, 0.05) is 6.54 Å². The number of hydrogen-bond acceptors (Lipinski definition) is 3. The van der Waals surface area contributed by atoms with E-state index in [2.05, 4.69) is 15.7 Å². The van der Waals surface area contributed by atoms with E-state index < -0.39 is 0 Å². The van der Waals surface area contributed by atoms with Crippen molar-refractivity contribution < 1.29 is 4.79 Å². The van der Waals surface area contributed by atoms with Crippen LogP contribution in [0.4, 0.5) is 0 Å². The van der Waals surface area contributed by atoms with Crippen LogP contribution < -0.4 is 10.6 Å². The summed E-state index contributed by atoms with van der Waals surface area (Å²) in [6.45, 7) is 6.79. The van der Waals surface area contributed by atoms with Gasteiger partial charge in [-0.25, -0.2) is 4.68 Å². The van der Waals surface area contributed by atoms with Crippen molar-refractivity contribution >= 4 is 18.3 Å². The Labute approximate surface area is 149 Å². The molecule has 2 aromatic rings. The predicted octanol–water partition coefficient (Wildman–Crippen LogP) is 2.64. The van der Waals surface area contributed by atoms with Gasteiger partial charge in [-0.1, -0.05) is 18.2 Å². The Morgan fingerprint density at radius 3 is 2.88 bits per heavy atom. The van der Waals surface area contributed by atoms with Gasteiger partial charge >= 0.3 is 0 Å². The van der Waals surface area contributed by atoms with Crippen LogP contribution in [0.1, 0.15) is 34.5 Å². The van der Waals surface area contributed by atoms with Crippen LogP contribution in [0.5, 0.6) is 0 Å². The molecule has 1 aliphatic heterocycles. The van der Waals surface area contributed by atoms with E-state index in [0.717, 1.165) is 36.6 Å². The fraction of sp³-hybridized carbons (Fsp3) is 0.444. The highest BCUT2D eigenvalue weighted by Gasteiger charge is 2.18. The molecule has 0 aliphatic carbocycles. The van der Waals surface area contributed by atoms with Gasteiger partial charge < -0.3 is 10.6 Å². The molecule has 1 aromatic heterocycles. The molecule has 24 heavy (non-hydrogen) atoms. The Balaban J connectivity index is 0.00000208. The molecule has 1 saturated heterocycles. The van der Waals surface area contributed by atoms with Crippen LogP contribution in [0, 0.1) is 19.8 Å². The number of carbonyl (C=O) groups excluding carboxylic acids is 1. The zero-order valence-corrected chi connectivity index (χ0v) is 15.0. The van der Waals surface area contributed by atoms with Crippen molar-refractivity contribution in [3.05, 3.63) is 47.3 Å². The summed E-state index contributed by atoms with van der Waals surface area (Å²) in [6.07, 6.45) is 4.02. The summed E-state index contributed by atoms with van der Waals surface area (Å²) in [6, 6.07) is 8.06. The highest BCUT2D eigenvalue weighted by Crippen LogP contribution is 2.17. The second-order valence-corrected chi connectivity index (χ2v) is 6.26. The molecule has 6 heteroatoms. The van der Waals surface area contributed by atoms with Crippen molar-refractivity contribution in [1.29, 1.82) is 0 Å². The number of nitrogens with one attached hydrogen (secondary N) is 2. The largest absolute Gasteiger partial charge is 0.352 e. The van der Waals surface area contributed by atoms with E-state index in [4.69, 9.17) is 0 Å². The van der Waals surface area contributed by atoms with Gasteiger partial charge in [-0.15, -0.1) is 12.4 Å². The van der Waals surface area contributed by atoms with Gasteiger partial charge in [0.25, 0.3) is 5.91 Å². The van der Waals surface area contributed by atoms with Crippen molar-refractivity contribution in [3.63, 3.8) is 0 Å². The second-order valence-electron chi connectivity index (χ2n) is 6.26. The number of nitrogens with zero attached hydrogens (tertiary/aromatic N) is 2. The summed E-state index contributed by atoms with van der Waals surface area (Å²) in [5.41, 5.74) is 3.68. The Hall–Kier alpha value is -1.85. The summed E-state index contributed by atoms with van der Waals surface area (Å²) in [5, 5.41) is 10.8. The predicted molar refractivity (Wildman–Crippen MR) is 98.2 cm³/mol. The number of rotatable bonds is 4. The average Bonchev–Trinajstić information content (AvgIpc) is 2.95. The van der Waals surface area contributed by atoms with Crippen LogP contribution in [0.3, 0.4) is 0 Å². The molecular weight excluding hydrogens is 324 g/mol. The molecule has 3 rings (SSSR count). The molecule has 1 amide bonds. The second kappa shape index (κ2) is 8.31. The lowest BCUT2D eigenvalue weighted by Gasteiger charge is -2.22. The molecule has 130 valence electrons. The summed E-state index contributed by atoms with van der Waals surface area (Å²) >= 11 is 0. The lowest BCUT2D eigenvalue weighted by molar-refractivity contribution is 0.0944. The summed E-state index contributed by atoms with van der Waals surface area (Å²) in [7, 11) is 0. The van der Waals surface area contributed by atoms with Crippen molar-refractivity contribution in [2.75, 3.05) is 19.6 Å². The van der Waals surface area contributed by atoms with Crippen molar-refractivity contribution in [2.24, 2.45) is 5.92 Å². The number of amides is 1. The fourth-order valence-electron chi connectivity index (χ4n) is 3.11. The minimum Gasteiger partial charge on any atom is -0.352 e. The highest BCUT2D eigenvalue weighted by molar-refractivity contribution is 5.95. The standard InChI is InChI=1S/C18H24N4O.ClH/c1-13-6-3-4-8-17(13)22-14(2)16(12-21-22)18(23)20-11-15-7-5-9-19-10-15;/h3-4,6,8,12,15,19H,5,7,9-11H2,1-2H3,(H,20,23);1H. The number of hydrogen-bond donors (Lipinski definition) is 2. The molecule has 1 fully saturated rings. The fourth-order valence-corrected chi connectivity index (χ4v) is 3.11. The molecule has 1 aromatic carbocycles. The number of carbonyl (C=O) groups is 1. The van der Waals surface area contributed by atoms with Gasteiger partial charge in [-0.3, -0.25) is 4.79 Å². The smallest absolute Gasteiger partial charge is 0.254 e. The summed E-state index contributed by atoms with van der Waals surface area (Å²) in [5.74, 6) is 0.493. The van der Waals surface area contributed by atoms with E-state index in [1.165, 1.54) is 12.8 Å². The first kappa shape index (κ1) is 18.5. The zero-order chi connectivity index (χ0) is 16.2. The van der Waals surface area contributed by atoms with E-state index in [1.54, 1.807) is 6.20 Å². The van der Waals surface area contributed by atoms with E-state index in [9.17, 15) is 4.79 Å². The van der Waals surface area contributed by atoms with E-state index in [1.807, 2.05) is 42.8 Å². The van der Waals surface area contributed by atoms with Crippen LogP contribution >= 0.6 is 12.4 Å². The van der Waals surface area contributed by atoms with E-state index in [0.29, 0.717) is 11.5 Å². The lowest BCUT2D eigenvalue weighted by Crippen LogP contribution is -2.38. The molecule has 0 saturated carbocycles. The topological polar surface area (TPSA) is 59.0 Å². The normalized spacial score (nSPS) is 17.2. The molecule has 0 spiro atoms. The number of halogens is 1. The Bertz CT molecular complexity index is 692. The number of benzene rings is 1. The maximum absolute atomic E-state index is 12.5. The summed E-state index contributed by atoms with van der Waals surface area (Å²) in [4.78, 5) is 12.5. The minimum absolute atomic E-state index is 0. The number of aryl methyl sites for hydroxylation is 1. The van der Waals surface area contributed by atoms with Gasteiger partial charge in [0.15, 0.2) is 0 Å². The molecule has 0 radical (unpaired) electrons. The van der Waals surface area contributed by atoms with Gasteiger partial charge in [0.05, 0.1) is 23.1 Å². The third kappa shape index (κ3) is 3.97. The number of piperidine rings is 1. The monoisotopic (exact) mass is 348 g/mol. The van der Waals surface area contributed by atoms with E-state index in [-0.39, 0.29) is 18.3 Å². The molecule has 1 unspecified atom stereocenters.